The molecule has 2 aromatic rings. The quantitative estimate of drug-likeness (QED) is 0.909. The average molecular weight is 252 g/mol. The molecule has 0 spiro atoms. The standard InChI is InChI=1S/C17H20N2/c1-2-17(14-9-5-3-6-10-14)16(18)13-19(17)15-11-7-4-8-12-15/h3-12,16H,2,13,18H2,1H3. The van der Waals surface area contributed by atoms with Gasteiger partial charge in [0.15, 0.2) is 0 Å². The number of rotatable bonds is 3. The van der Waals surface area contributed by atoms with Crippen molar-refractivity contribution in [1.82, 2.24) is 0 Å². The van der Waals surface area contributed by atoms with Gasteiger partial charge in [-0.05, 0) is 24.1 Å². The van der Waals surface area contributed by atoms with Crippen LogP contribution in [0.15, 0.2) is 60.7 Å². The lowest BCUT2D eigenvalue weighted by atomic mass is 9.72. The summed E-state index contributed by atoms with van der Waals surface area (Å²) in [5.74, 6) is 0. The highest BCUT2D eigenvalue weighted by Gasteiger charge is 2.51. The Bertz CT molecular complexity index is 538. The zero-order valence-corrected chi connectivity index (χ0v) is 11.3. The highest BCUT2D eigenvalue weighted by Crippen LogP contribution is 2.45. The van der Waals surface area contributed by atoms with Gasteiger partial charge in [0.1, 0.15) is 0 Å². The number of nitrogens with zero attached hydrogens (tertiary/aromatic N) is 1. The van der Waals surface area contributed by atoms with E-state index < -0.39 is 0 Å². The Labute approximate surface area is 114 Å². The monoisotopic (exact) mass is 252 g/mol. The third-order valence-corrected chi connectivity index (χ3v) is 4.35. The number of benzene rings is 2. The smallest absolute Gasteiger partial charge is 0.0819 e. The topological polar surface area (TPSA) is 29.3 Å². The van der Waals surface area contributed by atoms with Gasteiger partial charge in [0.2, 0.25) is 0 Å². The predicted octanol–water partition coefficient (Wildman–Crippen LogP) is 3.14. The van der Waals surface area contributed by atoms with E-state index in [1.54, 1.807) is 0 Å². The molecule has 2 atom stereocenters. The molecule has 1 aliphatic heterocycles. The average Bonchev–Trinajstić information content (AvgIpc) is 2.48. The summed E-state index contributed by atoms with van der Waals surface area (Å²) in [6.07, 6.45) is 1.02. The van der Waals surface area contributed by atoms with E-state index in [9.17, 15) is 0 Å². The van der Waals surface area contributed by atoms with E-state index >= 15 is 0 Å². The fourth-order valence-corrected chi connectivity index (χ4v) is 3.30. The van der Waals surface area contributed by atoms with Crippen molar-refractivity contribution in [3.05, 3.63) is 66.2 Å². The Kier molecular flexibility index (Phi) is 3.03. The number of nitrogens with two attached hydrogens (primary N) is 1. The molecule has 2 unspecified atom stereocenters. The normalized spacial score (nSPS) is 26.0. The van der Waals surface area contributed by atoms with E-state index in [0.29, 0.717) is 0 Å². The third kappa shape index (κ3) is 1.75. The summed E-state index contributed by atoms with van der Waals surface area (Å²) < 4.78 is 0. The maximum absolute atomic E-state index is 6.39. The van der Waals surface area contributed by atoms with E-state index in [1.807, 2.05) is 0 Å². The highest BCUT2D eigenvalue weighted by molar-refractivity contribution is 5.57. The van der Waals surface area contributed by atoms with Gasteiger partial charge in [-0.25, -0.2) is 0 Å². The minimum absolute atomic E-state index is 0.0530. The zero-order valence-electron chi connectivity index (χ0n) is 11.3. The number of hydrogen-bond acceptors (Lipinski definition) is 2. The van der Waals surface area contributed by atoms with Gasteiger partial charge in [-0.1, -0.05) is 55.5 Å². The second-order valence-corrected chi connectivity index (χ2v) is 5.20. The van der Waals surface area contributed by atoms with E-state index in [2.05, 4.69) is 72.5 Å². The number of hydrogen-bond donors (Lipinski definition) is 1. The van der Waals surface area contributed by atoms with E-state index in [4.69, 9.17) is 5.73 Å². The van der Waals surface area contributed by atoms with Crippen molar-refractivity contribution in [3.63, 3.8) is 0 Å². The molecule has 2 heteroatoms. The van der Waals surface area contributed by atoms with E-state index in [-0.39, 0.29) is 11.6 Å². The molecule has 0 saturated carbocycles. The maximum atomic E-state index is 6.39. The van der Waals surface area contributed by atoms with Gasteiger partial charge in [-0.2, -0.15) is 0 Å². The molecule has 2 aromatic carbocycles. The van der Waals surface area contributed by atoms with E-state index in [1.165, 1.54) is 11.3 Å². The molecule has 0 amide bonds. The zero-order chi connectivity index (χ0) is 13.3. The molecule has 1 heterocycles. The van der Waals surface area contributed by atoms with Gasteiger partial charge in [0.05, 0.1) is 5.54 Å². The second kappa shape index (κ2) is 4.71. The van der Waals surface area contributed by atoms with Crippen molar-refractivity contribution >= 4 is 5.69 Å². The highest BCUT2D eigenvalue weighted by atomic mass is 15.3. The van der Waals surface area contributed by atoms with Crippen molar-refractivity contribution in [2.45, 2.75) is 24.9 Å². The molecule has 0 aromatic heterocycles. The molecule has 0 aliphatic carbocycles. The van der Waals surface area contributed by atoms with Crippen molar-refractivity contribution < 1.29 is 0 Å². The Morgan fingerprint density at radius 1 is 1.05 bits per heavy atom. The van der Waals surface area contributed by atoms with Crippen LogP contribution >= 0.6 is 0 Å². The van der Waals surface area contributed by atoms with Crippen molar-refractivity contribution in [2.75, 3.05) is 11.4 Å². The summed E-state index contributed by atoms with van der Waals surface area (Å²) in [5, 5.41) is 0. The van der Waals surface area contributed by atoms with Crippen LogP contribution in [0.5, 0.6) is 0 Å². The van der Waals surface area contributed by atoms with Crippen LogP contribution in [0, 0.1) is 0 Å². The van der Waals surface area contributed by atoms with Crippen LogP contribution in [0.1, 0.15) is 18.9 Å². The van der Waals surface area contributed by atoms with Crippen LogP contribution in [0.4, 0.5) is 5.69 Å². The first-order chi connectivity index (χ1) is 9.29. The lowest BCUT2D eigenvalue weighted by Gasteiger charge is -2.59. The Morgan fingerprint density at radius 3 is 2.16 bits per heavy atom. The first-order valence-electron chi connectivity index (χ1n) is 6.93. The van der Waals surface area contributed by atoms with Crippen LogP contribution in [0.3, 0.4) is 0 Å². The Morgan fingerprint density at radius 2 is 1.63 bits per heavy atom. The molecule has 0 radical (unpaired) electrons. The maximum Gasteiger partial charge on any atom is 0.0819 e. The van der Waals surface area contributed by atoms with Crippen molar-refractivity contribution in [2.24, 2.45) is 5.73 Å². The molecule has 1 fully saturated rings. The van der Waals surface area contributed by atoms with Gasteiger partial charge in [-0.15, -0.1) is 0 Å². The SMILES string of the molecule is CCC1(c2ccccc2)C(N)CN1c1ccccc1. The summed E-state index contributed by atoms with van der Waals surface area (Å²) in [6, 6.07) is 21.4. The van der Waals surface area contributed by atoms with Gasteiger partial charge in [-0.3, -0.25) is 0 Å². The molecule has 19 heavy (non-hydrogen) atoms. The summed E-state index contributed by atoms with van der Waals surface area (Å²) in [7, 11) is 0. The summed E-state index contributed by atoms with van der Waals surface area (Å²) in [6.45, 7) is 3.15. The first kappa shape index (κ1) is 12.2. The van der Waals surface area contributed by atoms with E-state index in [0.717, 1.165) is 13.0 Å². The summed E-state index contributed by atoms with van der Waals surface area (Å²) >= 11 is 0. The lowest BCUT2D eigenvalue weighted by molar-refractivity contribution is 0.219. The van der Waals surface area contributed by atoms with Crippen molar-refractivity contribution in [1.29, 1.82) is 0 Å². The first-order valence-corrected chi connectivity index (χ1v) is 6.93. The molecule has 98 valence electrons. The van der Waals surface area contributed by atoms with Crippen LogP contribution in [-0.4, -0.2) is 12.6 Å². The number of anilines is 1. The third-order valence-electron chi connectivity index (χ3n) is 4.35. The van der Waals surface area contributed by atoms with Crippen LogP contribution < -0.4 is 10.6 Å². The molecule has 0 bridgehead atoms. The molecule has 2 N–H and O–H groups in total. The lowest BCUT2D eigenvalue weighted by Crippen LogP contribution is -2.72. The molecule has 1 saturated heterocycles. The fourth-order valence-electron chi connectivity index (χ4n) is 3.30. The molecular formula is C17H20N2. The minimum atomic E-state index is -0.0530. The Balaban J connectivity index is 2.04. The van der Waals surface area contributed by atoms with Crippen LogP contribution in [0.25, 0.3) is 0 Å². The minimum Gasteiger partial charge on any atom is -0.358 e. The summed E-state index contributed by atoms with van der Waals surface area (Å²) in [4.78, 5) is 2.44. The van der Waals surface area contributed by atoms with Crippen molar-refractivity contribution in [3.8, 4) is 0 Å². The molecule has 3 rings (SSSR count). The number of para-hydroxylation sites is 1. The molecule has 2 nitrogen and oxygen atoms in total. The molecule has 1 aliphatic rings. The Hall–Kier alpha value is -1.80. The second-order valence-electron chi connectivity index (χ2n) is 5.20. The van der Waals surface area contributed by atoms with Gasteiger partial charge in [0.25, 0.3) is 0 Å². The van der Waals surface area contributed by atoms with Crippen LogP contribution in [0.2, 0.25) is 0 Å². The van der Waals surface area contributed by atoms with Crippen LogP contribution in [-0.2, 0) is 5.54 Å². The predicted molar refractivity (Wildman–Crippen MR) is 80.2 cm³/mol. The van der Waals surface area contributed by atoms with Gasteiger partial charge < -0.3 is 10.6 Å². The molecular weight excluding hydrogens is 232 g/mol. The summed E-state index contributed by atoms with van der Waals surface area (Å²) in [5.41, 5.74) is 8.91. The van der Waals surface area contributed by atoms with Gasteiger partial charge >= 0.3 is 0 Å². The van der Waals surface area contributed by atoms with Gasteiger partial charge in [0, 0.05) is 18.3 Å². The fraction of sp³-hybridized carbons (Fsp3) is 0.294. The largest absolute Gasteiger partial charge is 0.358 e.